The summed E-state index contributed by atoms with van der Waals surface area (Å²) in [4.78, 5) is 3.26. The summed E-state index contributed by atoms with van der Waals surface area (Å²) in [6, 6.07) is 6.54. The van der Waals surface area contributed by atoms with Gasteiger partial charge in [-0.15, -0.1) is 0 Å². The quantitative estimate of drug-likeness (QED) is 0.807. The Morgan fingerprint density at radius 2 is 1.75 bits per heavy atom. The molecule has 0 spiro atoms. The third-order valence-electron chi connectivity index (χ3n) is 1.77. The molecule has 0 saturated heterocycles. The maximum absolute atomic E-state index is 12.2. The summed E-state index contributed by atoms with van der Waals surface area (Å²) in [5, 5.41) is 3.26. The average molecular weight is 293 g/mol. The first kappa shape index (κ1) is 11.1. The smallest absolute Gasteiger partial charge is 0.329 e. The summed E-state index contributed by atoms with van der Waals surface area (Å²) in [5.74, 6) is -1.43. The Bertz CT molecular complexity index is 492. The van der Waals surface area contributed by atoms with Crippen LogP contribution in [-0.2, 0) is 6.18 Å². The molecule has 2 rings (SSSR count). The first-order valence-corrected chi connectivity index (χ1v) is 4.93. The lowest BCUT2D eigenvalue weighted by atomic mass is 10.2. The molecule has 0 aliphatic carbocycles. The van der Waals surface area contributed by atoms with Crippen molar-refractivity contribution in [2.75, 3.05) is 0 Å². The Morgan fingerprint density at radius 1 is 1.12 bits per heavy atom. The predicted octanol–water partition coefficient (Wildman–Crippen LogP) is 3.52. The van der Waals surface area contributed by atoms with Gasteiger partial charge in [0, 0.05) is 10.0 Å². The third kappa shape index (κ3) is 2.24. The minimum atomic E-state index is -4.61. The zero-order chi connectivity index (χ0) is 11.8. The van der Waals surface area contributed by atoms with Crippen molar-refractivity contribution in [3.63, 3.8) is 0 Å². The van der Waals surface area contributed by atoms with E-state index in [1.54, 1.807) is 24.3 Å². The van der Waals surface area contributed by atoms with Gasteiger partial charge in [0.1, 0.15) is 0 Å². The number of benzene rings is 1. The fourth-order valence-electron chi connectivity index (χ4n) is 1.05. The highest BCUT2D eigenvalue weighted by atomic mass is 79.9. The lowest BCUT2D eigenvalue weighted by Crippen LogP contribution is -2.04. The highest BCUT2D eigenvalue weighted by Gasteiger charge is 2.38. The first-order valence-electron chi connectivity index (χ1n) is 4.13. The van der Waals surface area contributed by atoms with Crippen molar-refractivity contribution in [3.8, 4) is 11.4 Å². The van der Waals surface area contributed by atoms with Crippen LogP contribution in [0.1, 0.15) is 5.89 Å². The summed E-state index contributed by atoms with van der Waals surface area (Å²) in [7, 11) is 0. The van der Waals surface area contributed by atoms with E-state index in [-0.39, 0.29) is 5.82 Å². The molecular formula is C9H4BrF3N2O. The van der Waals surface area contributed by atoms with Crippen LogP contribution in [0.5, 0.6) is 0 Å². The Hall–Kier alpha value is -1.37. The van der Waals surface area contributed by atoms with Crippen molar-refractivity contribution in [3.05, 3.63) is 34.6 Å². The van der Waals surface area contributed by atoms with E-state index in [0.717, 1.165) is 4.47 Å². The van der Waals surface area contributed by atoms with Crippen LogP contribution in [-0.4, -0.2) is 10.1 Å². The Morgan fingerprint density at radius 3 is 2.25 bits per heavy atom. The van der Waals surface area contributed by atoms with Crippen LogP contribution >= 0.6 is 15.9 Å². The van der Waals surface area contributed by atoms with Crippen LogP contribution in [0.25, 0.3) is 11.4 Å². The number of nitrogens with zero attached hydrogens (tertiary/aromatic N) is 2. The van der Waals surface area contributed by atoms with Gasteiger partial charge in [-0.25, -0.2) is 0 Å². The lowest BCUT2D eigenvalue weighted by molar-refractivity contribution is -0.159. The molecule has 1 heterocycles. The van der Waals surface area contributed by atoms with Gasteiger partial charge in [0.2, 0.25) is 5.82 Å². The van der Waals surface area contributed by atoms with Crippen molar-refractivity contribution in [2.45, 2.75) is 6.18 Å². The fourth-order valence-corrected chi connectivity index (χ4v) is 1.32. The summed E-state index contributed by atoms with van der Waals surface area (Å²) < 4.78 is 41.5. The van der Waals surface area contributed by atoms with Crippen LogP contribution in [0.15, 0.2) is 33.3 Å². The molecule has 16 heavy (non-hydrogen) atoms. The topological polar surface area (TPSA) is 38.9 Å². The van der Waals surface area contributed by atoms with Crippen LogP contribution in [0.4, 0.5) is 13.2 Å². The Balaban J connectivity index is 2.35. The molecule has 1 aromatic carbocycles. The molecule has 1 aromatic heterocycles. The molecule has 0 fully saturated rings. The summed E-state index contributed by atoms with van der Waals surface area (Å²) >= 11 is 3.21. The van der Waals surface area contributed by atoms with Gasteiger partial charge in [-0.3, -0.25) is 0 Å². The largest absolute Gasteiger partial charge is 0.471 e. The number of hydrogen-bond acceptors (Lipinski definition) is 3. The molecular weight excluding hydrogens is 289 g/mol. The molecule has 0 unspecified atom stereocenters. The van der Waals surface area contributed by atoms with Gasteiger partial charge < -0.3 is 4.52 Å². The average Bonchev–Trinajstić information content (AvgIpc) is 2.67. The summed E-state index contributed by atoms with van der Waals surface area (Å²) in [6.45, 7) is 0. The molecule has 0 radical (unpaired) electrons. The SMILES string of the molecule is FC(F)(F)c1nc(-c2ccc(Br)cc2)no1. The molecule has 3 nitrogen and oxygen atoms in total. The van der Waals surface area contributed by atoms with Gasteiger partial charge in [0.15, 0.2) is 0 Å². The van der Waals surface area contributed by atoms with Crippen LogP contribution < -0.4 is 0 Å². The number of alkyl halides is 3. The Kier molecular flexibility index (Phi) is 2.71. The van der Waals surface area contributed by atoms with Gasteiger partial charge in [-0.05, 0) is 24.3 Å². The minimum Gasteiger partial charge on any atom is -0.329 e. The van der Waals surface area contributed by atoms with E-state index < -0.39 is 12.1 Å². The maximum Gasteiger partial charge on any atom is 0.471 e. The van der Waals surface area contributed by atoms with Gasteiger partial charge >= 0.3 is 12.1 Å². The molecule has 7 heteroatoms. The van der Waals surface area contributed by atoms with Crippen LogP contribution in [0, 0.1) is 0 Å². The fraction of sp³-hybridized carbons (Fsp3) is 0.111. The normalized spacial score (nSPS) is 11.8. The van der Waals surface area contributed by atoms with E-state index in [2.05, 4.69) is 30.6 Å². The third-order valence-corrected chi connectivity index (χ3v) is 2.30. The Labute approximate surface area is 96.4 Å². The van der Waals surface area contributed by atoms with Crippen molar-refractivity contribution >= 4 is 15.9 Å². The monoisotopic (exact) mass is 292 g/mol. The standard InChI is InChI=1S/C9H4BrF3N2O/c10-6-3-1-5(2-4-6)7-14-8(16-15-7)9(11,12)13/h1-4H. The molecule has 0 bridgehead atoms. The molecule has 0 atom stereocenters. The van der Waals surface area contributed by atoms with Gasteiger partial charge in [0.05, 0.1) is 0 Å². The molecule has 0 aliphatic heterocycles. The summed E-state index contributed by atoms with van der Waals surface area (Å²) in [6.07, 6.45) is -4.61. The molecule has 0 aliphatic rings. The number of aromatic nitrogens is 2. The first-order chi connectivity index (χ1) is 7.47. The highest BCUT2D eigenvalue weighted by Crippen LogP contribution is 2.29. The predicted molar refractivity (Wildman–Crippen MR) is 52.4 cm³/mol. The molecule has 0 saturated carbocycles. The zero-order valence-electron chi connectivity index (χ0n) is 7.62. The lowest BCUT2D eigenvalue weighted by Gasteiger charge is -1.96. The maximum atomic E-state index is 12.2. The molecule has 84 valence electrons. The minimum absolute atomic E-state index is 0.0835. The van der Waals surface area contributed by atoms with Gasteiger partial charge in [-0.1, -0.05) is 21.1 Å². The van der Waals surface area contributed by atoms with Crippen molar-refractivity contribution in [1.82, 2.24) is 10.1 Å². The van der Waals surface area contributed by atoms with Crippen molar-refractivity contribution < 1.29 is 17.7 Å². The number of rotatable bonds is 1. The van der Waals surface area contributed by atoms with E-state index >= 15 is 0 Å². The number of hydrogen-bond donors (Lipinski definition) is 0. The van der Waals surface area contributed by atoms with Crippen LogP contribution in [0.2, 0.25) is 0 Å². The van der Waals surface area contributed by atoms with E-state index in [9.17, 15) is 13.2 Å². The highest BCUT2D eigenvalue weighted by molar-refractivity contribution is 9.10. The summed E-state index contributed by atoms with van der Waals surface area (Å²) in [5.41, 5.74) is 0.461. The van der Waals surface area contributed by atoms with E-state index in [0.29, 0.717) is 5.56 Å². The van der Waals surface area contributed by atoms with E-state index in [4.69, 9.17) is 0 Å². The molecule has 0 amide bonds. The second-order valence-electron chi connectivity index (χ2n) is 2.93. The van der Waals surface area contributed by atoms with Gasteiger partial charge in [-0.2, -0.15) is 18.2 Å². The van der Waals surface area contributed by atoms with Gasteiger partial charge in [0.25, 0.3) is 0 Å². The van der Waals surface area contributed by atoms with Crippen molar-refractivity contribution in [1.29, 1.82) is 0 Å². The molecule has 2 aromatic rings. The second kappa shape index (κ2) is 3.89. The second-order valence-corrected chi connectivity index (χ2v) is 3.84. The molecule has 0 N–H and O–H groups in total. The van der Waals surface area contributed by atoms with Crippen LogP contribution in [0.3, 0.4) is 0 Å². The van der Waals surface area contributed by atoms with E-state index in [1.165, 1.54) is 0 Å². The van der Waals surface area contributed by atoms with E-state index in [1.807, 2.05) is 0 Å². The zero-order valence-corrected chi connectivity index (χ0v) is 9.21. The van der Waals surface area contributed by atoms with Crippen molar-refractivity contribution in [2.24, 2.45) is 0 Å². The number of halogens is 4.